The van der Waals surface area contributed by atoms with Crippen LogP contribution in [-0.2, 0) is 24.0 Å². The number of carboxylic acids is 1. The predicted molar refractivity (Wildman–Crippen MR) is 109 cm³/mol. The van der Waals surface area contributed by atoms with E-state index in [1.807, 2.05) is 0 Å². The van der Waals surface area contributed by atoms with E-state index in [-0.39, 0.29) is 24.7 Å². The predicted octanol–water partition coefficient (Wildman–Crippen LogP) is -4.45. The first-order valence-electron chi connectivity index (χ1n) is 8.80. The van der Waals surface area contributed by atoms with Gasteiger partial charge in [0.1, 0.15) is 12.1 Å². The van der Waals surface area contributed by atoms with Crippen molar-refractivity contribution >= 4 is 48.2 Å². The molecule has 0 saturated heterocycles. The standard InChI is InChI=1S/C15H28N8O6S/c16-7(4-10(17)24)12(26)21-5-11(25)22-8(2-1-3-20-15(18)19)13(27)23-9(6-30)14(28)29/h7-9,30H,1-6,16H2,(H2,17,24)(H,21,26)(H,22,25)(H,23,27)(H,28,29)(H4,18,19,20). The van der Waals surface area contributed by atoms with Crippen molar-refractivity contribution < 1.29 is 29.1 Å². The van der Waals surface area contributed by atoms with Gasteiger partial charge in [-0.15, -0.1) is 0 Å². The van der Waals surface area contributed by atoms with Crippen LogP contribution in [0.2, 0.25) is 0 Å². The Labute approximate surface area is 178 Å². The van der Waals surface area contributed by atoms with E-state index in [1.54, 1.807) is 0 Å². The van der Waals surface area contributed by atoms with Gasteiger partial charge in [0.25, 0.3) is 0 Å². The largest absolute Gasteiger partial charge is 0.480 e. The first-order valence-corrected chi connectivity index (χ1v) is 9.44. The molecule has 170 valence electrons. The summed E-state index contributed by atoms with van der Waals surface area (Å²) in [5.74, 6) is -4.79. The number of guanidine groups is 1. The monoisotopic (exact) mass is 448 g/mol. The zero-order chi connectivity index (χ0) is 23.3. The zero-order valence-corrected chi connectivity index (χ0v) is 17.0. The lowest BCUT2D eigenvalue weighted by atomic mass is 10.1. The van der Waals surface area contributed by atoms with Crippen molar-refractivity contribution in [2.45, 2.75) is 37.4 Å². The van der Waals surface area contributed by atoms with Crippen LogP contribution in [0.1, 0.15) is 19.3 Å². The smallest absolute Gasteiger partial charge is 0.327 e. The molecule has 0 aromatic heterocycles. The molecule has 4 amide bonds. The normalized spacial score (nSPS) is 13.3. The van der Waals surface area contributed by atoms with Crippen molar-refractivity contribution in [1.29, 1.82) is 5.41 Å². The average Bonchev–Trinajstić information content (AvgIpc) is 2.65. The Bertz CT molecular complexity index is 661. The first kappa shape index (κ1) is 26.9. The molecule has 0 bridgehead atoms. The summed E-state index contributed by atoms with van der Waals surface area (Å²) < 4.78 is 0. The summed E-state index contributed by atoms with van der Waals surface area (Å²) >= 11 is 3.85. The van der Waals surface area contributed by atoms with Gasteiger partial charge in [0, 0.05) is 12.3 Å². The SMILES string of the molecule is N=C(N)NCCCC(NC(=O)CNC(=O)C(N)CC(N)=O)C(=O)NC(CS)C(=O)O. The molecule has 0 saturated carbocycles. The molecule has 0 rings (SSSR count). The maximum atomic E-state index is 12.4. The van der Waals surface area contributed by atoms with E-state index in [2.05, 4.69) is 33.9 Å². The number of primary amides is 1. The molecular formula is C15H28N8O6S. The van der Waals surface area contributed by atoms with Gasteiger partial charge >= 0.3 is 5.97 Å². The summed E-state index contributed by atoms with van der Waals surface area (Å²) in [6, 6.07) is -3.61. The van der Waals surface area contributed by atoms with Crippen LogP contribution in [0.15, 0.2) is 0 Å². The lowest BCUT2D eigenvalue weighted by Crippen LogP contribution is -2.54. The molecule has 0 spiro atoms. The molecule has 0 heterocycles. The lowest BCUT2D eigenvalue weighted by molar-refractivity contribution is -0.141. The van der Waals surface area contributed by atoms with Gasteiger partial charge in [0.2, 0.25) is 23.6 Å². The highest BCUT2D eigenvalue weighted by atomic mass is 32.1. The van der Waals surface area contributed by atoms with E-state index in [0.717, 1.165) is 0 Å². The van der Waals surface area contributed by atoms with E-state index in [4.69, 9.17) is 27.7 Å². The molecule has 3 unspecified atom stereocenters. The molecule has 3 atom stereocenters. The Hall–Kier alpha value is -3.07. The van der Waals surface area contributed by atoms with Crippen LogP contribution in [0.3, 0.4) is 0 Å². The van der Waals surface area contributed by atoms with Gasteiger partial charge in [-0.05, 0) is 12.8 Å². The Morgan fingerprint density at radius 3 is 2.13 bits per heavy atom. The summed E-state index contributed by atoms with van der Waals surface area (Å²) in [6.07, 6.45) is 0.000239. The van der Waals surface area contributed by atoms with Crippen molar-refractivity contribution in [2.75, 3.05) is 18.8 Å². The molecule has 0 radical (unpaired) electrons. The number of hydrogen-bond donors (Lipinski definition) is 10. The van der Waals surface area contributed by atoms with Crippen LogP contribution in [0.4, 0.5) is 0 Å². The lowest BCUT2D eigenvalue weighted by Gasteiger charge is -2.21. The number of amides is 4. The maximum absolute atomic E-state index is 12.4. The van der Waals surface area contributed by atoms with Crippen LogP contribution in [-0.4, -0.2) is 77.6 Å². The number of rotatable bonds is 14. The van der Waals surface area contributed by atoms with E-state index >= 15 is 0 Å². The van der Waals surface area contributed by atoms with Crippen LogP contribution >= 0.6 is 12.6 Å². The molecule has 0 aliphatic heterocycles. The zero-order valence-electron chi connectivity index (χ0n) is 16.1. The molecule has 14 nitrogen and oxygen atoms in total. The van der Waals surface area contributed by atoms with Gasteiger partial charge < -0.3 is 43.6 Å². The van der Waals surface area contributed by atoms with Crippen molar-refractivity contribution in [3.63, 3.8) is 0 Å². The van der Waals surface area contributed by atoms with E-state index in [0.29, 0.717) is 6.42 Å². The highest BCUT2D eigenvalue weighted by Gasteiger charge is 2.26. The second-order valence-corrected chi connectivity index (χ2v) is 6.54. The molecular weight excluding hydrogens is 420 g/mol. The fourth-order valence-electron chi connectivity index (χ4n) is 2.11. The van der Waals surface area contributed by atoms with Crippen molar-refractivity contribution in [1.82, 2.24) is 21.3 Å². The molecule has 0 aromatic rings. The van der Waals surface area contributed by atoms with E-state index in [1.165, 1.54) is 0 Å². The molecule has 30 heavy (non-hydrogen) atoms. The van der Waals surface area contributed by atoms with Gasteiger partial charge in [0.15, 0.2) is 5.96 Å². The van der Waals surface area contributed by atoms with Crippen LogP contribution in [0.25, 0.3) is 0 Å². The molecule has 0 aliphatic carbocycles. The number of carbonyl (C=O) groups is 5. The van der Waals surface area contributed by atoms with Gasteiger partial charge in [-0.1, -0.05) is 0 Å². The summed E-state index contributed by atoms with van der Waals surface area (Å²) in [7, 11) is 0. The minimum Gasteiger partial charge on any atom is -0.480 e. The second kappa shape index (κ2) is 14.0. The fraction of sp³-hybridized carbons (Fsp3) is 0.600. The Balaban J connectivity index is 4.87. The van der Waals surface area contributed by atoms with E-state index < -0.39 is 60.7 Å². The maximum Gasteiger partial charge on any atom is 0.327 e. The number of hydrogen-bond acceptors (Lipinski definition) is 8. The third-order valence-corrected chi connectivity index (χ3v) is 3.98. The fourth-order valence-corrected chi connectivity index (χ4v) is 2.36. The molecule has 12 N–H and O–H groups in total. The summed E-state index contributed by atoms with van der Waals surface area (Å²) in [5.41, 5.74) is 15.6. The average molecular weight is 449 g/mol. The van der Waals surface area contributed by atoms with Gasteiger partial charge in [-0.25, -0.2) is 4.79 Å². The number of nitrogens with two attached hydrogens (primary N) is 3. The summed E-state index contributed by atoms with van der Waals surface area (Å²) in [6.45, 7) is -0.293. The number of thiol groups is 1. The van der Waals surface area contributed by atoms with Crippen LogP contribution < -0.4 is 38.5 Å². The Morgan fingerprint density at radius 2 is 1.63 bits per heavy atom. The summed E-state index contributed by atoms with van der Waals surface area (Å²) in [4.78, 5) is 58.0. The Kier molecular flexibility index (Phi) is 12.6. The first-order chi connectivity index (χ1) is 14.0. The van der Waals surface area contributed by atoms with Crippen molar-refractivity contribution in [2.24, 2.45) is 17.2 Å². The number of carbonyl (C=O) groups excluding carboxylic acids is 4. The molecule has 0 aromatic carbocycles. The summed E-state index contributed by atoms with van der Waals surface area (Å²) in [5, 5.41) is 25.5. The minimum atomic E-state index is -1.29. The third kappa shape index (κ3) is 11.7. The van der Waals surface area contributed by atoms with E-state index in [9.17, 15) is 24.0 Å². The topological polar surface area (TPSA) is 256 Å². The van der Waals surface area contributed by atoms with Gasteiger partial charge in [-0.3, -0.25) is 24.6 Å². The van der Waals surface area contributed by atoms with Gasteiger partial charge in [0.05, 0.1) is 19.0 Å². The van der Waals surface area contributed by atoms with Crippen LogP contribution in [0, 0.1) is 5.41 Å². The number of nitrogens with one attached hydrogen (secondary N) is 5. The molecule has 0 aliphatic rings. The number of aliphatic carboxylic acids is 1. The van der Waals surface area contributed by atoms with Gasteiger partial charge in [-0.2, -0.15) is 12.6 Å². The number of carboxylic acid groups (broad SMARTS) is 1. The van der Waals surface area contributed by atoms with Crippen LogP contribution in [0.5, 0.6) is 0 Å². The van der Waals surface area contributed by atoms with Crippen molar-refractivity contribution in [3.8, 4) is 0 Å². The molecule has 0 fully saturated rings. The third-order valence-electron chi connectivity index (χ3n) is 3.61. The highest BCUT2D eigenvalue weighted by molar-refractivity contribution is 7.80. The second-order valence-electron chi connectivity index (χ2n) is 6.18. The highest BCUT2D eigenvalue weighted by Crippen LogP contribution is 2.00. The van der Waals surface area contributed by atoms with Crippen molar-refractivity contribution in [3.05, 3.63) is 0 Å². The molecule has 15 heteroatoms. The minimum absolute atomic E-state index is 0.0892. The quantitative estimate of drug-likeness (QED) is 0.0531. The Morgan fingerprint density at radius 1 is 1.00 bits per heavy atom.